The number of halogens is 2. The predicted octanol–water partition coefficient (Wildman–Crippen LogP) is 7.50. The highest BCUT2D eigenvalue weighted by molar-refractivity contribution is 5.77. The second-order valence-corrected chi connectivity index (χ2v) is 5.58. The Morgan fingerprint density at radius 3 is 2.04 bits per heavy atom. The van der Waals surface area contributed by atoms with Crippen molar-refractivity contribution in [1.29, 1.82) is 0 Å². The number of hydrogen-bond donors (Lipinski definition) is 0. The third-order valence-electron chi connectivity index (χ3n) is 3.61. The minimum absolute atomic E-state index is 0.248. The molecule has 0 saturated heterocycles. The van der Waals surface area contributed by atoms with Crippen molar-refractivity contribution in [3.63, 3.8) is 0 Å². The highest BCUT2D eigenvalue weighted by atomic mass is 19.2. The van der Waals surface area contributed by atoms with Crippen molar-refractivity contribution in [3.8, 4) is 11.1 Å². The van der Waals surface area contributed by atoms with Gasteiger partial charge in [-0.1, -0.05) is 86.2 Å². The SMILES string of the molecule is C=C(C)/C=C\C(=C/C)c1ccc(-c2ccc(C)cc2)c(F)c1F.CC. The molecule has 2 heteroatoms. The molecule has 0 aliphatic carbocycles. The van der Waals surface area contributed by atoms with Gasteiger partial charge in [-0.05, 0) is 31.9 Å². The molecule has 0 atom stereocenters. The van der Waals surface area contributed by atoms with E-state index in [1.54, 1.807) is 49.4 Å². The standard InChI is InChI=1S/C21H20F2.C2H6/c1-5-16(9-6-14(2)3)18-12-13-19(21(23)20(18)22)17-10-7-15(4)8-11-17;1-2/h5-13H,2H2,1,3-4H3;1-2H3/b9-6-,16-5+;. The minimum Gasteiger partial charge on any atom is -0.203 e. The third kappa shape index (κ3) is 5.25. The first-order chi connectivity index (χ1) is 11.9. The van der Waals surface area contributed by atoms with E-state index in [2.05, 4.69) is 6.58 Å². The monoisotopic (exact) mass is 340 g/mol. The van der Waals surface area contributed by atoms with Crippen LogP contribution in [0.15, 0.2) is 66.8 Å². The molecule has 0 amide bonds. The van der Waals surface area contributed by atoms with Gasteiger partial charge in [-0.15, -0.1) is 0 Å². The average Bonchev–Trinajstić information content (AvgIpc) is 2.61. The topological polar surface area (TPSA) is 0 Å². The molecule has 0 nitrogen and oxygen atoms in total. The van der Waals surface area contributed by atoms with Crippen molar-refractivity contribution in [2.45, 2.75) is 34.6 Å². The molecule has 2 rings (SSSR count). The van der Waals surface area contributed by atoms with Gasteiger partial charge in [0.05, 0.1) is 0 Å². The Bertz CT molecular complexity index is 778. The van der Waals surface area contributed by atoms with Gasteiger partial charge >= 0.3 is 0 Å². The van der Waals surface area contributed by atoms with E-state index in [0.717, 1.165) is 11.1 Å². The molecule has 132 valence electrons. The van der Waals surface area contributed by atoms with E-state index in [1.165, 1.54) is 0 Å². The summed E-state index contributed by atoms with van der Waals surface area (Å²) in [5, 5.41) is 0. The Balaban J connectivity index is 0.00000151. The molecule has 25 heavy (non-hydrogen) atoms. The van der Waals surface area contributed by atoms with Crippen LogP contribution in [0.5, 0.6) is 0 Å². The van der Waals surface area contributed by atoms with E-state index < -0.39 is 11.6 Å². The van der Waals surface area contributed by atoms with Crippen molar-refractivity contribution < 1.29 is 8.78 Å². The summed E-state index contributed by atoms with van der Waals surface area (Å²) in [6, 6.07) is 10.6. The van der Waals surface area contributed by atoms with E-state index >= 15 is 0 Å². The molecular formula is C23H26F2. The zero-order valence-corrected chi connectivity index (χ0v) is 15.7. The Kier molecular flexibility index (Phi) is 8.00. The lowest BCUT2D eigenvalue weighted by Crippen LogP contribution is -1.96. The summed E-state index contributed by atoms with van der Waals surface area (Å²) in [7, 11) is 0. The van der Waals surface area contributed by atoms with Crippen LogP contribution < -0.4 is 0 Å². The molecule has 0 aliphatic heterocycles. The normalized spacial score (nSPS) is 11.2. The molecule has 0 fully saturated rings. The van der Waals surface area contributed by atoms with Crippen LogP contribution in [0.25, 0.3) is 16.7 Å². The largest absolute Gasteiger partial charge is 0.203 e. The molecular weight excluding hydrogens is 314 g/mol. The quantitative estimate of drug-likeness (QED) is 0.505. The van der Waals surface area contributed by atoms with Gasteiger partial charge in [0.2, 0.25) is 0 Å². The Morgan fingerprint density at radius 1 is 0.920 bits per heavy atom. The van der Waals surface area contributed by atoms with Crippen LogP contribution in [0.1, 0.15) is 38.8 Å². The molecule has 0 aliphatic rings. The fourth-order valence-corrected chi connectivity index (χ4v) is 2.30. The van der Waals surface area contributed by atoms with E-state index in [0.29, 0.717) is 11.1 Å². The molecule has 0 radical (unpaired) electrons. The smallest absolute Gasteiger partial charge is 0.167 e. The molecule has 2 aromatic carbocycles. The molecule has 0 saturated carbocycles. The van der Waals surface area contributed by atoms with E-state index in [1.807, 2.05) is 39.8 Å². The lowest BCUT2D eigenvalue weighted by Gasteiger charge is -2.10. The second kappa shape index (κ2) is 9.73. The number of hydrogen-bond acceptors (Lipinski definition) is 0. The van der Waals surface area contributed by atoms with Gasteiger partial charge in [0.25, 0.3) is 0 Å². The van der Waals surface area contributed by atoms with Crippen molar-refractivity contribution in [2.24, 2.45) is 0 Å². The Morgan fingerprint density at radius 2 is 1.52 bits per heavy atom. The molecule has 0 spiro atoms. The lowest BCUT2D eigenvalue weighted by atomic mass is 9.97. The molecule has 0 heterocycles. The summed E-state index contributed by atoms with van der Waals surface area (Å²) in [5.74, 6) is -1.66. The number of benzene rings is 2. The van der Waals surface area contributed by atoms with Crippen LogP contribution in [0.3, 0.4) is 0 Å². The van der Waals surface area contributed by atoms with Gasteiger partial charge in [-0.3, -0.25) is 0 Å². The van der Waals surface area contributed by atoms with Gasteiger partial charge in [0.15, 0.2) is 11.6 Å². The lowest BCUT2D eigenvalue weighted by molar-refractivity contribution is 0.509. The van der Waals surface area contributed by atoms with Gasteiger partial charge in [0.1, 0.15) is 0 Å². The van der Waals surface area contributed by atoms with Crippen molar-refractivity contribution in [2.75, 3.05) is 0 Å². The number of aryl methyl sites for hydroxylation is 1. The van der Waals surface area contributed by atoms with Gasteiger partial charge in [-0.2, -0.15) is 0 Å². The maximum Gasteiger partial charge on any atom is 0.167 e. The van der Waals surface area contributed by atoms with Crippen molar-refractivity contribution >= 4 is 5.57 Å². The zero-order chi connectivity index (χ0) is 19.0. The first-order valence-corrected chi connectivity index (χ1v) is 8.49. The second-order valence-electron chi connectivity index (χ2n) is 5.58. The van der Waals surface area contributed by atoms with E-state index in [9.17, 15) is 8.78 Å². The molecule has 0 aromatic heterocycles. The van der Waals surface area contributed by atoms with Crippen LogP contribution in [0.2, 0.25) is 0 Å². The fourth-order valence-electron chi connectivity index (χ4n) is 2.30. The molecule has 0 bridgehead atoms. The van der Waals surface area contributed by atoms with Crippen molar-refractivity contribution in [3.05, 3.63) is 89.5 Å². The Hall–Kier alpha value is -2.48. The van der Waals surface area contributed by atoms with Gasteiger partial charge in [-0.25, -0.2) is 8.78 Å². The number of allylic oxidation sites excluding steroid dienone is 5. The maximum absolute atomic E-state index is 14.5. The molecule has 2 aromatic rings. The molecule has 0 unspecified atom stereocenters. The first-order valence-electron chi connectivity index (χ1n) is 8.49. The van der Waals surface area contributed by atoms with Crippen molar-refractivity contribution in [1.82, 2.24) is 0 Å². The summed E-state index contributed by atoms with van der Waals surface area (Å²) in [4.78, 5) is 0. The summed E-state index contributed by atoms with van der Waals surface area (Å²) in [6.07, 6.45) is 5.27. The number of rotatable bonds is 4. The van der Waals surface area contributed by atoms with E-state index in [-0.39, 0.29) is 11.1 Å². The zero-order valence-electron chi connectivity index (χ0n) is 15.7. The molecule has 0 N–H and O–H groups in total. The average molecular weight is 340 g/mol. The summed E-state index contributed by atoms with van der Waals surface area (Å²) >= 11 is 0. The summed E-state index contributed by atoms with van der Waals surface area (Å²) in [6.45, 7) is 13.4. The highest BCUT2D eigenvalue weighted by Crippen LogP contribution is 2.30. The van der Waals surface area contributed by atoms with Gasteiger partial charge < -0.3 is 0 Å². The van der Waals surface area contributed by atoms with E-state index in [4.69, 9.17) is 0 Å². The third-order valence-corrected chi connectivity index (χ3v) is 3.61. The predicted molar refractivity (Wildman–Crippen MR) is 105 cm³/mol. The van der Waals surface area contributed by atoms with Crippen LogP contribution in [0, 0.1) is 18.6 Å². The first kappa shape index (κ1) is 20.6. The minimum atomic E-state index is -0.831. The van der Waals surface area contributed by atoms with Gasteiger partial charge in [0, 0.05) is 11.1 Å². The summed E-state index contributed by atoms with van der Waals surface area (Å²) < 4.78 is 29.0. The van der Waals surface area contributed by atoms with Crippen LogP contribution >= 0.6 is 0 Å². The maximum atomic E-state index is 14.5. The highest BCUT2D eigenvalue weighted by Gasteiger charge is 2.16. The fraction of sp³-hybridized carbons (Fsp3) is 0.217. The summed E-state index contributed by atoms with van der Waals surface area (Å²) in [5.41, 5.74) is 3.73. The van der Waals surface area contributed by atoms with Crippen LogP contribution in [-0.4, -0.2) is 0 Å². The Labute approximate surface area is 150 Å². The van der Waals surface area contributed by atoms with Crippen LogP contribution in [0.4, 0.5) is 8.78 Å². The van der Waals surface area contributed by atoms with Crippen LogP contribution in [-0.2, 0) is 0 Å².